The van der Waals surface area contributed by atoms with E-state index in [0.717, 1.165) is 10.5 Å². The van der Waals surface area contributed by atoms with Gasteiger partial charge in [-0.15, -0.1) is 3.77 Å². The van der Waals surface area contributed by atoms with Gasteiger partial charge in [0.05, 0.1) is 12.0 Å². The summed E-state index contributed by atoms with van der Waals surface area (Å²) in [7, 11) is -2.83. The molecule has 0 saturated carbocycles. The second-order valence-electron chi connectivity index (χ2n) is 4.52. The molecular weight excluding hydrogens is 306 g/mol. The summed E-state index contributed by atoms with van der Waals surface area (Å²) in [5, 5.41) is 0. The number of nitrogens with zero attached hydrogens (tertiary/aromatic N) is 1. The lowest BCUT2D eigenvalue weighted by molar-refractivity contribution is 0.413. The van der Waals surface area contributed by atoms with Gasteiger partial charge in [-0.3, -0.25) is 0 Å². The van der Waals surface area contributed by atoms with E-state index in [0.29, 0.717) is 5.75 Å². The van der Waals surface area contributed by atoms with Crippen LogP contribution in [0.4, 0.5) is 0 Å². The number of aryl methyl sites for hydroxylation is 1. The summed E-state index contributed by atoms with van der Waals surface area (Å²) < 4.78 is 33.7. The zero-order valence-electron chi connectivity index (χ0n) is 12.1. The Bertz CT molecular complexity index is 766. The summed E-state index contributed by atoms with van der Waals surface area (Å²) >= 11 is 0. The molecule has 1 atom stereocenters. The predicted molar refractivity (Wildman–Crippen MR) is 85.3 cm³/mol. The zero-order valence-corrected chi connectivity index (χ0v) is 13.7. The van der Waals surface area contributed by atoms with Crippen molar-refractivity contribution < 1.29 is 13.2 Å². The van der Waals surface area contributed by atoms with Gasteiger partial charge in [-0.2, -0.15) is 8.42 Å². The van der Waals surface area contributed by atoms with Crippen molar-refractivity contribution in [2.75, 3.05) is 13.4 Å². The van der Waals surface area contributed by atoms with E-state index in [9.17, 15) is 8.42 Å². The summed E-state index contributed by atoms with van der Waals surface area (Å²) in [5.74, 6) is 0.690. The van der Waals surface area contributed by atoms with Crippen molar-refractivity contribution in [3.05, 3.63) is 54.1 Å². The molecule has 0 amide bonds. The highest BCUT2D eigenvalue weighted by atomic mass is 32.3. The maximum atomic E-state index is 12.3. The molecule has 0 fully saturated rings. The average molecular weight is 323 g/mol. The minimum atomic E-state index is -3.65. The van der Waals surface area contributed by atoms with Crippen LogP contribution in [0.15, 0.2) is 62.1 Å². The minimum Gasteiger partial charge on any atom is -0.497 e. The number of benzene rings is 2. The van der Waals surface area contributed by atoms with E-state index in [4.69, 9.17) is 4.74 Å². The van der Waals surface area contributed by atoms with E-state index in [1.165, 1.54) is 0 Å². The molecule has 0 bridgehead atoms. The fourth-order valence-corrected chi connectivity index (χ4v) is 4.64. The topological polar surface area (TPSA) is 55.7 Å². The van der Waals surface area contributed by atoms with Gasteiger partial charge in [-0.25, -0.2) is 0 Å². The van der Waals surface area contributed by atoms with Gasteiger partial charge in [-0.1, -0.05) is 34.5 Å². The van der Waals surface area contributed by atoms with Crippen molar-refractivity contribution in [2.24, 2.45) is 3.77 Å². The van der Waals surface area contributed by atoms with E-state index < -0.39 is 20.7 Å². The third kappa shape index (κ3) is 3.92. The molecule has 21 heavy (non-hydrogen) atoms. The fourth-order valence-electron chi connectivity index (χ4n) is 1.73. The number of hydrogen-bond acceptors (Lipinski definition) is 3. The van der Waals surface area contributed by atoms with Crippen LogP contribution in [0.5, 0.6) is 5.75 Å². The molecule has 1 unspecified atom stereocenters. The maximum absolute atomic E-state index is 12.3. The molecule has 0 heterocycles. The molecule has 2 rings (SSSR count). The average Bonchev–Trinajstić information content (AvgIpc) is 2.47. The minimum absolute atomic E-state index is 0.218. The number of ether oxygens (including phenoxy) is 1. The molecule has 2 aromatic carbocycles. The summed E-state index contributed by atoms with van der Waals surface area (Å²) in [4.78, 5) is 1.04. The molecule has 0 saturated heterocycles. The van der Waals surface area contributed by atoms with E-state index in [2.05, 4.69) is 3.77 Å². The van der Waals surface area contributed by atoms with Crippen molar-refractivity contribution in [3.8, 4) is 5.75 Å². The van der Waals surface area contributed by atoms with Gasteiger partial charge in [0.1, 0.15) is 5.75 Å². The van der Waals surface area contributed by atoms with Crippen LogP contribution < -0.4 is 4.74 Å². The van der Waals surface area contributed by atoms with Gasteiger partial charge < -0.3 is 4.74 Å². The molecule has 0 spiro atoms. The van der Waals surface area contributed by atoms with Crippen LogP contribution in [0.1, 0.15) is 5.56 Å². The highest BCUT2D eigenvalue weighted by Crippen LogP contribution is 2.19. The molecule has 2 aromatic rings. The van der Waals surface area contributed by atoms with Crippen LogP contribution in [-0.4, -0.2) is 21.8 Å². The van der Waals surface area contributed by atoms with Gasteiger partial charge in [0.15, 0.2) is 0 Å². The smallest absolute Gasteiger partial charge is 0.288 e. The Hall–Kier alpha value is -1.66. The first-order valence-electron chi connectivity index (χ1n) is 6.27. The Morgan fingerprint density at radius 3 is 2.38 bits per heavy atom. The van der Waals surface area contributed by atoms with E-state index in [1.54, 1.807) is 43.7 Å². The fraction of sp³-hybridized carbons (Fsp3) is 0.200. The normalized spacial score (nSPS) is 13.1. The zero-order chi connectivity index (χ0) is 15.5. The lowest BCUT2D eigenvalue weighted by atomic mass is 10.2. The predicted octanol–water partition coefficient (Wildman–Crippen LogP) is 3.18. The first-order chi connectivity index (χ1) is 9.92. The molecule has 0 aliphatic rings. The third-order valence-corrected chi connectivity index (χ3v) is 6.39. The Morgan fingerprint density at radius 2 is 1.76 bits per heavy atom. The number of methoxy groups -OCH3 is 1. The summed E-state index contributed by atoms with van der Waals surface area (Å²) in [6.07, 6.45) is 1.78. The van der Waals surface area contributed by atoms with Crippen LogP contribution in [0, 0.1) is 6.92 Å². The molecule has 0 N–H and O–H groups in total. The monoisotopic (exact) mass is 323 g/mol. The molecule has 0 aliphatic heterocycles. The second-order valence-corrected chi connectivity index (χ2v) is 7.96. The van der Waals surface area contributed by atoms with Gasteiger partial charge in [0.25, 0.3) is 10.0 Å². The van der Waals surface area contributed by atoms with Gasteiger partial charge in [0.2, 0.25) is 0 Å². The van der Waals surface area contributed by atoms with Crippen LogP contribution in [0.3, 0.4) is 0 Å². The molecule has 4 nitrogen and oxygen atoms in total. The Labute approximate surface area is 127 Å². The van der Waals surface area contributed by atoms with Crippen molar-refractivity contribution in [3.63, 3.8) is 0 Å². The largest absolute Gasteiger partial charge is 0.497 e. The first kappa shape index (κ1) is 15.7. The van der Waals surface area contributed by atoms with Crippen LogP contribution in [0.2, 0.25) is 0 Å². The Balaban J connectivity index is 2.38. The molecule has 0 aromatic heterocycles. The van der Waals surface area contributed by atoms with Crippen molar-refractivity contribution in [2.45, 2.75) is 16.7 Å². The highest BCUT2D eigenvalue weighted by Gasteiger charge is 2.13. The number of sulfonamides is 1. The van der Waals surface area contributed by atoms with Crippen LogP contribution >= 0.6 is 0 Å². The van der Waals surface area contributed by atoms with Gasteiger partial charge in [-0.05, 0) is 43.5 Å². The number of hydrogen-bond donors (Lipinski definition) is 0. The van der Waals surface area contributed by atoms with Crippen molar-refractivity contribution >= 4 is 20.7 Å². The lowest BCUT2D eigenvalue weighted by Gasteiger charge is -2.06. The van der Waals surface area contributed by atoms with Gasteiger partial charge in [0, 0.05) is 4.90 Å². The van der Waals surface area contributed by atoms with E-state index in [1.807, 2.05) is 25.1 Å². The van der Waals surface area contributed by atoms with E-state index in [-0.39, 0.29) is 4.90 Å². The third-order valence-electron chi connectivity index (χ3n) is 2.91. The lowest BCUT2D eigenvalue weighted by Crippen LogP contribution is -2.00. The SMILES string of the molecule is COc1cccc(S(C)=NS(=O)(=O)c2ccc(C)cc2)c1. The molecule has 6 heteroatoms. The molecular formula is C15H17NO3S2. The second kappa shape index (κ2) is 6.41. The van der Waals surface area contributed by atoms with Crippen LogP contribution in [0.25, 0.3) is 0 Å². The first-order valence-corrected chi connectivity index (χ1v) is 9.30. The Morgan fingerprint density at radius 1 is 1.10 bits per heavy atom. The molecule has 0 radical (unpaired) electrons. The van der Waals surface area contributed by atoms with E-state index >= 15 is 0 Å². The highest BCUT2D eigenvalue weighted by molar-refractivity contribution is 7.99. The van der Waals surface area contributed by atoms with Gasteiger partial charge >= 0.3 is 0 Å². The van der Waals surface area contributed by atoms with Crippen LogP contribution in [-0.2, 0) is 20.7 Å². The number of rotatable bonds is 4. The standard InChI is InChI=1S/C15H17NO3S2/c1-12-7-9-15(10-8-12)21(17,18)16-20(3)14-6-4-5-13(11-14)19-2/h4-11H,1-3H3. The summed E-state index contributed by atoms with van der Waals surface area (Å²) in [5.41, 5.74) is 1.01. The summed E-state index contributed by atoms with van der Waals surface area (Å²) in [6, 6.07) is 14.0. The molecule has 112 valence electrons. The van der Waals surface area contributed by atoms with Crippen molar-refractivity contribution in [1.82, 2.24) is 0 Å². The maximum Gasteiger partial charge on any atom is 0.288 e. The summed E-state index contributed by atoms with van der Waals surface area (Å²) in [6.45, 7) is 1.91. The molecule has 0 aliphatic carbocycles. The van der Waals surface area contributed by atoms with Crippen molar-refractivity contribution in [1.29, 1.82) is 0 Å². The Kier molecular flexibility index (Phi) is 4.80. The quantitative estimate of drug-likeness (QED) is 0.868.